The van der Waals surface area contributed by atoms with Gasteiger partial charge < -0.3 is 8.83 Å². The quantitative estimate of drug-likeness (QED) is 0.0404. The van der Waals surface area contributed by atoms with Crippen LogP contribution in [-0.2, 0) is 23.7 Å². The molecule has 5 aromatic heterocycles. The minimum atomic E-state index is -0.115. The molecule has 0 radical (unpaired) electrons. The van der Waals surface area contributed by atoms with Gasteiger partial charge in [0.25, 0.3) is 0 Å². The van der Waals surface area contributed by atoms with Crippen LogP contribution in [0.2, 0.25) is 0 Å². The first-order valence-corrected chi connectivity index (χ1v) is 29.3. The molecule has 0 aliphatic heterocycles. The number of unbranched alkanes of at least 4 members (excludes halogenated alkanes) is 14. The molecular weight excluding hydrogens is 873 g/mol. The molecule has 0 fully saturated rings. The van der Waals surface area contributed by atoms with E-state index in [9.17, 15) is 0 Å². The molecule has 6 rings (SSSR count). The maximum Gasteiger partial charge on any atom is 0.238 e. The average molecular weight is 964 g/mol. The van der Waals surface area contributed by atoms with Gasteiger partial charge in [0.05, 0.1) is 4.88 Å². The number of thiophene rings is 2. The van der Waals surface area contributed by atoms with Gasteiger partial charge in [-0.3, -0.25) is 0 Å². The summed E-state index contributed by atoms with van der Waals surface area (Å²) in [7, 11) is 0. The lowest BCUT2D eigenvalue weighted by Gasteiger charge is -2.20. The van der Waals surface area contributed by atoms with Crippen LogP contribution in [0.15, 0.2) is 45.2 Å². The Bertz CT molecular complexity index is 2280. The van der Waals surface area contributed by atoms with Gasteiger partial charge in [-0.15, -0.1) is 43.1 Å². The SMILES string of the molecule is CCCCCCCCC(CCCCC)CCc1c2cc(C(C)(C)C)sc2c(CCC(CCCCC)CCCCCCCC)c2cc(-c3ccc(-c4nnc(-c5ccc(C(C)(C)C)o5)nn4)o3)sc12. The van der Waals surface area contributed by atoms with Crippen molar-refractivity contribution in [2.75, 3.05) is 0 Å². The van der Waals surface area contributed by atoms with E-state index in [2.05, 4.69) is 119 Å². The summed E-state index contributed by atoms with van der Waals surface area (Å²) in [5.74, 6) is 5.16. The maximum atomic E-state index is 6.65. The van der Waals surface area contributed by atoms with Gasteiger partial charge in [0, 0.05) is 19.7 Å². The number of hydrogen-bond acceptors (Lipinski definition) is 8. The van der Waals surface area contributed by atoms with Crippen LogP contribution in [0.25, 0.3) is 54.0 Å². The molecule has 2 unspecified atom stereocenters. The molecule has 0 bridgehead atoms. The van der Waals surface area contributed by atoms with Gasteiger partial charge >= 0.3 is 0 Å². The summed E-state index contributed by atoms with van der Waals surface area (Å²) >= 11 is 4.03. The molecule has 6 aromatic rings. The van der Waals surface area contributed by atoms with Crippen molar-refractivity contribution in [3.05, 3.63) is 58.2 Å². The highest BCUT2D eigenvalue weighted by atomic mass is 32.1. The Kier molecular flexibility index (Phi) is 21.2. The first-order chi connectivity index (χ1) is 32.8. The third kappa shape index (κ3) is 15.3. The van der Waals surface area contributed by atoms with E-state index in [1.54, 1.807) is 15.8 Å². The normalized spacial score (nSPS) is 13.4. The first-order valence-electron chi connectivity index (χ1n) is 27.6. The Morgan fingerprint density at radius 3 is 1.34 bits per heavy atom. The molecule has 0 saturated carbocycles. The Hall–Kier alpha value is -3.36. The molecule has 0 aliphatic carbocycles. The van der Waals surface area contributed by atoms with Crippen LogP contribution in [0.3, 0.4) is 0 Å². The molecule has 0 aliphatic rings. The maximum absolute atomic E-state index is 6.65. The van der Waals surface area contributed by atoms with E-state index in [1.165, 1.54) is 179 Å². The number of fused-ring (bicyclic) bond motifs is 2. The number of nitrogens with zero attached hydrogens (tertiary/aromatic N) is 4. The lowest BCUT2D eigenvalue weighted by molar-refractivity contribution is 0.383. The standard InChI is InChI=1S/C60H90N4O2S2/c1-11-15-19-21-23-27-31-43(29-25-17-13-3)33-35-45-47-41-52(49-37-38-50(65-49)57-61-63-58(64-62-57)51-39-40-53(66-51)59(5,6)7)67-55(47)46(48-42-54(60(8,9)10)68-56(45)48)36-34-44(30-26-18-14-4)32-28-24-22-20-16-12-2/h37-44H,11-36H2,1-10H3. The van der Waals surface area contributed by atoms with E-state index >= 15 is 0 Å². The van der Waals surface area contributed by atoms with Crippen molar-refractivity contribution in [3.8, 4) is 33.8 Å². The predicted octanol–water partition coefficient (Wildman–Crippen LogP) is 20.2. The number of benzene rings is 1. The number of hydrogen-bond donors (Lipinski definition) is 0. The van der Waals surface area contributed by atoms with Crippen LogP contribution in [0, 0.1) is 11.8 Å². The minimum absolute atomic E-state index is 0.0968. The minimum Gasteiger partial charge on any atom is -0.457 e. The summed E-state index contributed by atoms with van der Waals surface area (Å²) in [6.07, 6.45) is 34.7. The lowest BCUT2D eigenvalue weighted by atomic mass is 9.86. The fourth-order valence-electron chi connectivity index (χ4n) is 10.1. The van der Waals surface area contributed by atoms with Gasteiger partial charge in [-0.1, -0.05) is 210 Å². The van der Waals surface area contributed by atoms with Crippen LogP contribution in [0.4, 0.5) is 0 Å². The van der Waals surface area contributed by atoms with Crippen molar-refractivity contribution in [3.63, 3.8) is 0 Å². The Balaban J connectivity index is 1.36. The number of rotatable bonds is 31. The summed E-state index contributed by atoms with van der Waals surface area (Å²) in [4.78, 5) is 2.68. The van der Waals surface area contributed by atoms with E-state index in [4.69, 9.17) is 8.83 Å². The monoisotopic (exact) mass is 963 g/mol. The predicted molar refractivity (Wildman–Crippen MR) is 295 cm³/mol. The fourth-order valence-corrected chi connectivity index (χ4v) is 12.7. The highest BCUT2D eigenvalue weighted by molar-refractivity contribution is 7.23. The molecule has 68 heavy (non-hydrogen) atoms. The number of aromatic nitrogens is 4. The zero-order valence-corrected chi connectivity index (χ0v) is 46.1. The van der Waals surface area contributed by atoms with Crippen LogP contribution in [0.1, 0.15) is 245 Å². The molecular formula is C60H90N4O2S2. The molecule has 6 nitrogen and oxygen atoms in total. The zero-order valence-electron chi connectivity index (χ0n) is 44.4. The van der Waals surface area contributed by atoms with E-state index in [1.807, 2.05) is 29.5 Å². The molecule has 1 aromatic carbocycles. The van der Waals surface area contributed by atoms with Gasteiger partial charge in [0.1, 0.15) is 11.5 Å². The summed E-state index contributed by atoms with van der Waals surface area (Å²) in [5.41, 5.74) is 3.13. The second kappa shape index (κ2) is 26.7. The first kappa shape index (κ1) is 54.0. The summed E-state index contributed by atoms with van der Waals surface area (Å²) in [5, 5.41) is 20.8. The lowest BCUT2D eigenvalue weighted by Crippen LogP contribution is -2.09. The Morgan fingerprint density at radius 2 is 0.853 bits per heavy atom. The van der Waals surface area contributed by atoms with Gasteiger partial charge in [-0.2, -0.15) is 0 Å². The second-order valence-electron chi connectivity index (χ2n) is 22.5. The molecule has 374 valence electrons. The van der Waals surface area contributed by atoms with Crippen LogP contribution >= 0.6 is 22.7 Å². The average Bonchev–Trinajstić information content (AvgIpc) is 4.16. The van der Waals surface area contributed by atoms with Gasteiger partial charge in [-0.05, 0) is 101 Å². The van der Waals surface area contributed by atoms with Crippen molar-refractivity contribution in [2.45, 2.75) is 247 Å². The number of aryl methyl sites for hydroxylation is 2. The van der Waals surface area contributed by atoms with Gasteiger partial charge in [0.15, 0.2) is 11.5 Å². The van der Waals surface area contributed by atoms with Gasteiger partial charge in [-0.25, -0.2) is 0 Å². The van der Waals surface area contributed by atoms with Crippen molar-refractivity contribution in [2.24, 2.45) is 11.8 Å². The van der Waals surface area contributed by atoms with Crippen molar-refractivity contribution >= 4 is 42.8 Å². The molecule has 0 amide bonds. The third-order valence-electron chi connectivity index (χ3n) is 14.5. The molecule has 0 N–H and O–H groups in total. The largest absolute Gasteiger partial charge is 0.457 e. The molecule has 8 heteroatoms. The third-order valence-corrected chi connectivity index (χ3v) is 17.3. The summed E-state index contributed by atoms with van der Waals surface area (Å²) in [6, 6.07) is 13.0. The van der Waals surface area contributed by atoms with E-state index < -0.39 is 0 Å². The zero-order chi connectivity index (χ0) is 48.5. The summed E-state index contributed by atoms with van der Waals surface area (Å²) in [6.45, 7) is 22.9. The molecule has 0 spiro atoms. The van der Waals surface area contributed by atoms with Crippen molar-refractivity contribution in [1.82, 2.24) is 20.4 Å². The van der Waals surface area contributed by atoms with Gasteiger partial charge in [0.2, 0.25) is 11.6 Å². The Morgan fingerprint density at radius 1 is 0.441 bits per heavy atom. The van der Waals surface area contributed by atoms with E-state index in [-0.39, 0.29) is 10.8 Å². The van der Waals surface area contributed by atoms with Crippen LogP contribution in [0.5, 0.6) is 0 Å². The number of furan rings is 2. The summed E-state index contributed by atoms with van der Waals surface area (Å²) < 4.78 is 15.8. The topological polar surface area (TPSA) is 77.8 Å². The van der Waals surface area contributed by atoms with Crippen LogP contribution in [-0.4, -0.2) is 20.4 Å². The molecule has 2 atom stereocenters. The van der Waals surface area contributed by atoms with Crippen molar-refractivity contribution < 1.29 is 8.83 Å². The smallest absolute Gasteiger partial charge is 0.238 e. The molecule has 5 heterocycles. The van der Waals surface area contributed by atoms with E-state index in [0.717, 1.165) is 36.2 Å². The highest BCUT2D eigenvalue weighted by Crippen LogP contribution is 2.48. The van der Waals surface area contributed by atoms with Crippen LogP contribution < -0.4 is 0 Å². The highest BCUT2D eigenvalue weighted by Gasteiger charge is 2.26. The molecule has 0 saturated heterocycles. The van der Waals surface area contributed by atoms with E-state index in [0.29, 0.717) is 23.2 Å². The Labute approximate surface area is 420 Å². The van der Waals surface area contributed by atoms with Crippen molar-refractivity contribution in [1.29, 1.82) is 0 Å². The fraction of sp³-hybridized carbons (Fsp3) is 0.667. The second-order valence-corrected chi connectivity index (χ2v) is 24.6.